The summed E-state index contributed by atoms with van der Waals surface area (Å²) in [5, 5.41) is 3.45. The number of ether oxygens (including phenoxy) is 1. The van der Waals surface area contributed by atoms with Crippen LogP contribution in [-0.2, 0) is 4.74 Å². The van der Waals surface area contributed by atoms with Crippen molar-refractivity contribution in [3.05, 3.63) is 0 Å². The molecule has 0 aromatic carbocycles. The third kappa shape index (κ3) is 6.74. The van der Waals surface area contributed by atoms with Crippen molar-refractivity contribution in [1.82, 2.24) is 15.1 Å². The third-order valence-corrected chi connectivity index (χ3v) is 4.80. The van der Waals surface area contributed by atoms with E-state index in [2.05, 4.69) is 42.9 Å². The van der Waals surface area contributed by atoms with Gasteiger partial charge in [0.1, 0.15) is 0 Å². The molecule has 2 aliphatic rings. The molecule has 1 aliphatic heterocycles. The second-order valence-electron chi connectivity index (χ2n) is 6.58. The Balaban J connectivity index is 0.00000264. The maximum atomic E-state index is 5.74. The average Bonchev–Trinajstić information content (AvgIpc) is 3.36. The summed E-state index contributed by atoms with van der Waals surface area (Å²) >= 11 is 0. The number of hydrogen-bond acceptors (Lipinski definition) is 3. The molecule has 1 atom stereocenters. The second-order valence-corrected chi connectivity index (χ2v) is 6.58. The van der Waals surface area contributed by atoms with E-state index in [1.165, 1.54) is 12.8 Å². The fraction of sp³-hybridized carbons (Fsp3) is 0.941. The van der Waals surface area contributed by atoms with E-state index in [1.54, 1.807) is 0 Å². The van der Waals surface area contributed by atoms with E-state index >= 15 is 0 Å². The minimum atomic E-state index is 0. The number of likely N-dealkylation sites (N-methyl/N-ethyl adjacent to an activating group) is 1. The second kappa shape index (κ2) is 10.7. The Bertz CT molecular complexity index is 355. The Labute approximate surface area is 159 Å². The molecule has 0 radical (unpaired) electrons. The van der Waals surface area contributed by atoms with E-state index in [0.717, 1.165) is 57.6 Å². The van der Waals surface area contributed by atoms with Crippen LogP contribution >= 0.6 is 24.0 Å². The zero-order valence-electron chi connectivity index (χ0n) is 15.3. The number of nitrogens with zero attached hydrogens (tertiary/aromatic N) is 3. The van der Waals surface area contributed by atoms with Gasteiger partial charge < -0.3 is 15.0 Å². The van der Waals surface area contributed by atoms with Gasteiger partial charge in [0.05, 0.1) is 12.6 Å². The first-order valence-electron chi connectivity index (χ1n) is 9.02. The summed E-state index contributed by atoms with van der Waals surface area (Å²) in [5.74, 6) is 1.08. The number of aliphatic imine (C=N–C) groups is 1. The van der Waals surface area contributed by atoms with Crippen LogP contribution in [0, 0.1) is 0 Å². The van der Waals surface area contributed by atoms with Crippen LogP contribution < -0.4 is 5.32 Å². The zero-order chi connectivity index (χ0) is 15.9. The van der Waals surface area contributed by atoms with Crippen LogP contribution in [0.5, 0.6) is 0 Å². The average molecular weight is 438 g/mol. The van der Waals surface area contributed by atoms with E-state index in [9.17, 15) is 0 Å². The van der Waals surface area contributed by atoms with Gasteiger partial charge in [-0.1, -0.05) is 0 Å². The van der Waals surface area contributed by atoms with Gasteiger partial charge in [-0.25, -0.2) is 0 Å². The molecule has 0 spiro atoms. The highest BCUT2D eigenvalue weighted by Crippen LogP contribution is 2.26. The Kier molecular flexibility index (Phi) is 9.77. The maximum absolute atomic E-state index is 5.74. The van der Waals surface area contributed by atoms with Crippen molar-refractivity contribution in [2.45, 2.75) is 64.6 Å². The van der Waals surface area contributed by atoms with Crippen molar-refractivity contribution < 1.29 is 4.74 Å². The van der Waals surface area contributed by atoms with Crippen molar-refractivity contribution >= 4 is 29.9 Å². The van der Waals surface area contributed by atoms with Crippen molar-refractivity contribution in [3.8, 4) is 0 Å². The van der Waals surface area contributed by atoms with E-state index in [0.29, 0.717) is 12.1 Å². The topological polar surface area (TPSA) is 40.1 Å². The zero-order valence-corrected chi connectivity index (χ0v) is 17.6. The van der Waals surface area contributed by atoms with Crippen LogP contribution in [-0.4, -0.2) is 73.8 Å². The summed E-state index contributed by atoms with van der Waals surface area (Å²) in [7, 11) is 2.23. The fourth-order valence-corrected chi connectivity index (χ4v) is 3.08. The first-order valence-corrected chi connectivity index (χ1v) is 9.02. The molecule has 136 valence electrons. The van der Waals surface area contributed by atoms with Crippen LogP contribution in [0.1, 0.15) is 46.5 Å². The fourth-order valence-electron chi connectivity index (χ4n) is 3.08. The number of nitrogens with one attached hydrogen (secondary N) is 1. The highest BCUT2D eigenvalue weighted by molar-refractivity contribution is 14.0. The molecule has 23 heavy (non-hydrogen) atoms. The molecule has 1 saturated carbocycles. The lowest BCUT2D eigenvalue weighted by Crippen LogP contribution is -2.47. The molecule has 0 amide bonds. The van der Waals surface area contributed by atoms with Gasteiger partial charge >= 0.3 is 0 Å². The molecule has 2 rings (SSSR count). The summed E-state index contributed by atoms with van der Waals surface area (Å²) in [6.45, 7) is 11.2. The van der Waals surface area contributed by atoms with E-state index in [1.807, 2.05) is 0 Å². The molecule has 0 aromatic heterocycles. The third-order valence-electron chi connectivity index (χ3n) is 4.80. The number of guanidine groups is 1. The summed E-state index contributed by atoms with van der Waals surface area (Å²) in [5.41, 5.74) is 0. The predicted octanol–water partition coefficient (Wildman–Crippen LogP) is 2.55. The number of likely N-dealkylation sites (tertiary alicyclic amines) is 1. The van der Waals surface area contributed by atoms with Gasteiger partial charge in [0.2, 0.25) is 0 Å². The van der Waals surface area contributed by atoms with Crippen LogP contribution in [0.4, 0.5) is 0 Å². The molecule has 1 saturated heterocycles. The Hall–Kier alpha value is -0.0800. The van der Waals surface area contributed by atoms with Gasteiger partial charge in [-0.3, -0.25) is 9.89 Å². The lowest BCUT2D eigenvalue weighted by molar-refractivity contribution is 0.0263. The lowest BCUT2D eigenvalue weighted by atomic mass is 10.1. The Morgan fingerprint density at radius 3 is 2.43 bits per heavy atom. The van der Waals surface area contributed by atoms with Crippen LogP contribution in [0.15, 0.2) is 4.99 Å². The first-order chi connectivity index (χ1) is 10.7. The van der Waals surface area contributed by atoms with Gasteiger partial charge in [-0.15, -0.1) is 24.0 Å². The molecule has 1 aliphatic carbocycles. The summed E-state index contributed by atoms with van der Waals surface area (Å²) in [6, 6.07) is 1.32. The summed E-state index contributed by atoms with van der Waals surface area (Å²) < 4.78 is 5.74. The number of halogens is 1. The molecule has 5 nitrogen and oxygen atoms in total. The maximum Gasteiger partial charge on any atom is 0.193 e. The van der Waals surface area contributed by atoms with Crippen molar-refractivity contribution in [3.63, 3.8) is 0 Å². The number of hydrogen-bond donors (Lipinski definition) is 1. The van der Waals surface area contributed by atoms with Crippen LogP contribution in [0.3, 0.4) is 0 Å². The molecule has 1 heterocycles. The molecule has 0 bridgehead atoms. The minimum Gasteiger partial charge on any atom is -0.378 e. The van der Waals surface area contributed by atoms with E-state index < -0.39 is 0 Å². The van der Waals surface area contributed by atoms with Gasteiger partial charge in [-0.2, -0.15) is 0 Å². The normalized spacial score (nSPS) is 21.3. The summed E-state index contributed by atoms with van der Waals surface area (Å²) in [6.07, 6.45) is 5.36. The van der Waals surface area contributed by atoms with Gasteiger partial charge in [0, 0.05) is 38.3 Å². The number of rotatable bonds is 7. The molecule has 2 fully saturated rings. The highest BCUT2D eigenvalue weighted by atomic mass is 127. The SMILES string of the molecule is CCNC(=NCC(C)N(C)C1CC1)N1CCC(OCC)CC1.I. The van der Waals surface area contributed by atoms with Crippen LogP contribution in [0.25, 0.3) is 0 Å². The largest absolute Gasteiger partial charge is 0.378 e. The number of piperidine rings is 1. The van der Waals surface area contributed by atoms with E-state index in [4.69, 9.17) is 9.73 Å². The smallest absolute Gasteiger partial charge is 0.193 e. The molecule has 1 unspecified atom stereocenters. The van der Waals surface area contributed by atoms with Crippen LogP contribution in [0.2, 0.25) is 0 Å². The highest BCUT2D eigenvalue weighted by Gasteiger charge is 2.29. The van der Waals surface area contributed by atoms with E-state index in [-0.39, 0.29) is 24.0 Å². The predicted molar refractivity (Wildman–Crippen MR) is 108 cm³/mol. The van der Waals surface area contributed by atoms with Gasteiger partial charge in [0.25, 0.3) is 0 Å². The molecule has 6 heteroatoms. The Morgan fingerprint density at radius 2 is 1.91 bits per heavy atom. The lowest BCUT2D eigenvalue weighted by Gasteiger charge is -2.34. The van der Waals surface area contributed by atoms with Crippen molar-refractivity contribution in [2.75, 3.05) is 39.8 Å². The molecule has 0 aromatic rings. The quantitative estimate of drug-likeness (QED) is 0.377. The molecule has 1 N–H and O–H groups in total. The standard InChI is InChI=1S/C17H34N4O.HI/c1-5-18-17(19-13-14(3)20(4)15-7-8-15)21-11-9-16(10-12-21)22-6-2;/h14-16H,5-13H2,1-4H3,(H,18,19);1H. The monoisotopic (exact) mass is 438 g/mol. The first kappa shape index (κ1) is 21.0. The van der Waals surface area contributed by atoms with Gasteiger partial charge in [-0.05, 0) is 53.5 Å². The molecular formula is C17H35IN4O. The van der Waals surface area contributed by atoms with Gasteiger partial charge in [0.15, 0.2) is 5.96 Å². The molecular weight excluding hydrogens is 403 g/mol. The Morgan fingerprint density at radius 1 is 1.26 bits per heavy atom. The van der Waals surface area contributed by atoms with Crippen molar-refractivity contribution in [2.24, 2.45) is 4.99 Å². The minimum absolute atomic E-state index is 0. The van der Waals surface area contributed by atoms with Crippen molar-refractivity contribution in [1.29, 1.82) is 0 Å². The summed E-state index contributed by atoms with van der Waals surface area (Å²) in [4.78, 5) is 9.76.